The molecule has 1 saturated heterocycles. The quantitative estimate of drug-likeness (QED) is 0.596. The van der Waals surface area contributed by atoms with Crippen molar-refractivity contribution >= 4 is 29.5 Å². The van der Waals surface area contributed by atoms with Crippen LogP contribution in [0.25, 0.3) is 0 Å². The van der Waals surface area contributed by atoms with Crippen molar-refractivity contribution in [2.24, 2.45) is 0 Å². The van der Waals surface area contributed by atoms with Gasteiger partial charge in [0.2, 0.25) is 0 Å². The van der Waals surface area contributed by atoms with Crippen LogP contribution in [-0.2, 0) is 9.53 Å². The monoisotopic (exact) mass is 308 g/mol. The standard InChI is InChI=1S/C16H20O2S2/c1-11(2)15(17)18-9-8-14-10-19-16(20-14)13-6-4-12(3)5-7-13/h4-7,14,16H,1,8-10H2,2-3H3. The molecule has 0 saturated carbocycles. The first-order valence-corrected chi connectivity index (χ1v) is 8.71. The van der Waals surface area contributed by atoms with Gasteiger partial charge in [-0.15, -0.1) is 23.5 Å². The summed E-state index contributed by atoms with van der Waals surface area (Å²) >= 11 is 3.96. The zero-order valence-corrected chi connectivity index (χ0v) is 13.6. The van der Waals surface area contributed by atoms with Crippen LogP contribution in [0.3, 0.4) is 0 Å². The molecule has 0 amide bonds. The summed E-state index contributed by atoms with van der Waals surface area (Å²) in [6, 6.07) is 8.75. The summed E-state index contributed by atoms with van der Waals surface area (Å²) in [5, 5.41) is 0.559. The third-order valence-corrected chi connectivity index (χ3v) is 6.55. The van der Waals surface area contributed by atoms with Crippen LogP contribution in [0, 0.1) is 6.92 Å². The van der Waals surface area contributed by atoms with Crippen LogP contribution in [0.15, 0.2) is 36.4 Å². The SMILES string of the molecule is C=C(C)C(=O)OCCC1CSC(c2ccc(C)cc2)S1. The lowest BCUT2D eigenvalue weighted by molar-refractivity contribution is -0.138. The maximum absolute atomic E-state index is 11.3. The second-order valence-corrected chi connectivity index (χ2v) is 7.89. The smallest absolute Gasteiger partial charge is 0.333 e. The first kappa shape index (κ1) is 15.5. The van der Waals surface area contributed by atoms with Gasteiger partial charge in [0, 0.05) is 16.6 Å². The molecule has 1 heterocycles. The van der Waals surface area contributed by atoms with E-state index in [1.54, 1.807) is 6.92 Å². The van der Waals surface area contributed by atoms with Crippen molar-refractivity contribution in [3.8, 4) is 0 Å². The van der Waals surface area contributed by atoms with Gasteiger partial charge in [-0.1, -0.05) is 36.4 Å². The van der Waals surface area contributed by atoms with Crippen molar-refractivity contribution in [3.05, 3.63) is 47.5 Å². The highest BCUT2D eigenvalue weighted by Gasteiger charge is 2.27. The second-order valence-electron chi connectivity index (χ2n) is 5.04. The maximum atomic E-state index is 11.3. The number of aryl methyl sites for hydroxylation is 1. The molecule has 0 aliphatic carbocycles. The highest BCUT2D eigenvalue weighted by atomic mass is 32.2. The zero-order valence-electron chi connectivity index (χ0n) is 11.9. The number of rotatable bonds is 5. The van der Waals surface area contributed by atoms with E-state index in [-0.39, 0.29) is 5.97 Å². The summed E-state index contributed by atoms with van der Waals surface area (Å²) in [6.45, 7) is 7.86. The fourth-order valence-corrected chi connectivity index (χ4v) is 5.28. The molecule has 108 valence electrons. The molecule has 0 radical (unpaired) electrons. The van der Waals surface area contributed by atoms with Gasteiger partial charge >= 0.3 is 5.97 Å². The van der Waals surface area contributed by atoms with E-state index in [0.29, 0.717) is 22.0 Å². The average molecular weight is 308 g/mol. The lowest BCUT2D eigenvalue weighted by Gasteiger charge is -2.11. The topological polar surface area (TPSA) is 26.3 Å². The maximum Gasteiger partial charge on any atom is 0.333 e. The minimum atomic E-state index is -0.282. The minimum absolute atomic E-state index is 0.282. The van der Waals surface area contributed by atoms with E-state index in [1.165, 1.54) is 11.1 Å². The molecule has 1 fully saturated rings. The highest BCUT2D eigenvalue weighted by molar-refractivity contribution is 8.19. The van der Waals surface area contributed by atoms with Crippen LogP contribution in [0.5, 0.6) is 0 Å². The van der Waals surface area contributed by atoms with E-state index < -0.39 is 0 Å². The van der Waals surface area contributed by atoms with Gasteiger partial charge in [-0.3, -0.25) is 0 Å². The molecule has 1 aromatic carbocycles. The van der Waals surface area contributed by atoms with Crippen LogP contribution in [0.2, 0.25) is 0 Å². The number of esters is 1. The number of carbonyl (C=O) groups excluding carboxylic acids is 1. The largest absolute Gasteiger partial charge is 0.462 e. The normalized spacial score (nSPS) is 21.7. The molecular formula is C16H20O2S2. The fraction of sp³-hybridized carbons (Fsp3) is 0.438. The van der Waals surface area contributed by atoms with Crippen molar-refractivity contribution < 1.29 is 9.53 Å². The van der Waals surface area contributed by atoms with E-state index in [9.17, 15) is 4.79 Å². The van der Waals surface area contributed by atoms with Gasteiger partial charge in [0.15, 0.2) is 0 Å². The number of thioether (sulfide) groups is 2. The summed E-state index contributed by atoms with van der Waals surface area (Å²) in [5.74, 6) is 0.837. The van der Waals surface area contributed by atoms with Crippen LogP contribution < -0.4 is 0 Å². The third-order valence-electron chi connectivity index (χ3n) is 3.12. The van der Waals surface area contributed by atoms with Crippen molar-refractivity contribution in [2.75, 3.05) is 12.4 Å². The molecule has 2 unspecified atom stereocenters. The van der Waals surface area contributed by atoms with Crippen LogP contribution in [0.1, 0.15) is 29.1 Å². The third kappa shape index (κ3) is 4.32. The summed E-state index contributed by atoms with van der Waals surface area (Å²) in [7, 11) is 0. The highest BCUT2D eigenvalue weighted by Crippen LogP contribution is 2.50. The molecule has 0 aromatic heterocycles. The Morgan fingerprint density at radius 2 is 2.10 bits per heavy atom. The summed E-state index contributed by atoms with van der Waals surface area (Å²) in [5.41, 5.74) is 3.15. The Kier molecular flexibility index (Phi) is 5.61. The number of benzene rings is 1. The molecule has 4 heteroatoms. The van der Waals surface area contributed by atoms with Crippen molar-refractivity contribution in [2.45, 2.75) is 30.1 Å². The molecular weight excluding hydrogens is 288 g/mol. The Morgan fingerprint density at radius 1 is 1.40 bits per heavy atom. The number of carbonyl (C=O) groups is 1. The second kappa shape index (κ2) is 7.23. The number of ether oxygens (including phenoxy) is 1. The van der Waals surface area contributed by atoms with Crippen LogP contribution >= 0.6 is 23.5 Å². The average Bonchev–Trinajstić information content (AvgIpc) is 2.88. The molecule has 20 heavy (non-hydrogen) atoms. The Balaban J connectivity index is 1.76. The molecule has 2 nitrogen and oxygen atoms in total. The van der Waals surface area contributed by atoms with E-state index >= 15 is 0 Å². The van der Waals surface area contributed by atoms with Gasteiger partial charge in [-0.2, -0.15) is 0 Å². The van der Waals surface area contributed by atoms with Gasteiger partial charge in [-0.05, 0) is 25.8 Å². The zero-order chi connectivity index (χ0) is 14.5. The minimum Gasteiger partial charge on any atom is -0.462 e. The van der Waals surface area contributed by atoms with Crippen molar-refractivity contribution in [1.29, 1.82) is 0 Å². The van der Waals surface area contributed by atoms with Gasteiger partial charge < -0.3 is 4.74 Å². The first-order valence-electron chi connectivity index (χ1n) is 6.72. The summed E-state index contributed by atoms with van der Waals surface area (Å²) < 4.78 is 5.67. The molecule has 0 spiro atoms. The Hall–Kier alpha value is -0.870. The van der Waals surface area contributed by atoms with E-state index in [0.717, 1.165) is 12.2 Å². The van der Waals surface area contributed by atoms with Crippen molar-refractivity contribution in [3.63, 3.8) is 0 Å². The predicted molar refractivity (Wildman–Crippen MR) is 88.1 cm³/mol. The van der Waals surface area contributed by atoms with Gasteiger partial charge in [-0.25, -0.2) is 4.79 Å². The lowest BCUT2D eigenvalue weighted by atomic mass is 10.2. The summed E-state index contributed by atoms with van der Waals surface area (Å²) in [6.07, 6.45) is 0.916. The van der Waals surface area contributed by atoms with Crippen molar-refractivity contribution in [1.82, 2.24) is 0 Å². The lowest BCUT2D eigenvalue weighted by Crippen LogP contribution is -2.11. The fourth-order valence-electron chi connectivity index (χ4n) is 1.90. The van der Waals surface area contributed by atoms with Gasteiger partial charge in [0.1, 0.15) is 0 Å². The van der Waals surface area contributed by atoms with Crippen LogP contribution in [0.4, 0.5) is 0 Å². The molecule has 2 rings (SSSR count). The van der Waals surface area contributed by atoms with E-state index in [2.05, 4.69) is 37.8 Å². The van der Waals surface area contributed by atoms with Gasteiger partial charge in [0.05, 0.1) is 11.2 Å². The molecule has 1 aliphatic rings. The molecule has 2 atom stereocenters. The molecule has 1 aliphatic heterocycles. The van der Waals surface area contributed by atoms with E-state index in [1.807, 2.05) is 23.5 Å². The van der Waals surface area contributed by atoms with Gasteiger partial charge in [0.25, 0.3) is 0 Å². The number of hydrogen-bond donors (Lipinski definition) is 0. The Morgan fingerprint density at radius 3 is 2.75 bits per heavy atom. The van der Waals surface area contributed by atoms with Crippen LogP contribution in [-0.4, -0.2) is 23.6 Å². The Labute approximate surface area is 129 Å². The van der Waals surface area contributed by atoms with E-state index in [4.69, 9.17) is 4.74 Å². The molecule has 0 bridgehead atoms. The molecule has 0 N–H and O–H groups in total. The predicted octanol–water partition coefficient (Wildman–Crippen LogP) is 4.35. The Bertz CT molecular complexity index is 482. The summed E-state index contributed by atoms with van der Waals surface area (Å²) in [4.78, 5) is 11.3. The molecule has 1 aromatic rings. The number of hydrogen-bond acceptors (Lipinski definition) is 4. The first-order chi connectivity index (χ1) is 9.56.